The highest BCUT2D eigenvalue weighted by molar-refractivity contribution is 7.90. The fourth-order valence-corrected chi connectivity index (χ4v) is 2.80. The van der Waals surface area contributed by atoms with Crippen molar-refractivity contribution < 1.29 is 18.3 Å². The molecule has 0 bridgehead atoms. The number of aliphatic carboxylic acids is 1. The van der Waals surface area contributed by atoms with Gasteiger partial charge in [-0.1, -0.05) is 18.2 Å². The molecule has 0 unspecified atom stereocenters. The third kappa shape index (κ3) is 4.01. The second-order valence-electron chi connectivity index (χ2n) is 4.01. The molecule has 0 radical (unpaired) electrons. The van der Waals surface area contributed by atoms with Gasteiger partial charge < -0.3 is 5.11 Å². The van der Waals surface area contributed by atoms with Crippen LogP contribution >= 0.6 is 0 Å². The molecule has 0 amide bonds. The third-order valence-electron chi connectivity index (χ3n) is 2.00. The first-order valence-corrected chi connectivity index (χ1v) is 6.84. The first-order valence-electron chi connectivity index (χ1n) is 5.40. The van der Waals surface area contributed by atoms with Crippen molar-refractivity contribution in [3.8, 4) is 0 Å². The van der Waals surface area contributed by atoms with Gasteiger partial charge in [-0.15, -0.1) is 0 Å². The molecule has 0 aliphatic rings. The van der Waals surface area contributed by atoms with Gasteiger partial charge in [-0.05, 0) is 26.0 Å². The molecular weight excluding hydrogens is 256 g/mol. The van der Waals surface area contributed by atoms with Crippen LogP contribution in [-0.2, 0) is 15.0 Å². The zero-order valence-electron chi connectivity index (χ0n) is 10.2. The molecule has 1 aromatic carbocycles. The molecule has 6 nitrogen and oxygen atoms in total. The van der Waals surface area contributed by atoms with E-state index in [1.54, 1.807) is 44.2 Å². The van der Waals surface area contributed by atoms with Gasteiger partial charge in [-0.25, -0.2) is 4.31 Å². The second kappa shape index (κ2) is 5.83. The summed E-state index contributed by atoms with van der Waals surface area (Å²) in [5.41, 5.74) is 0.313. The minimum absolute atomic E-state index is 0.310. The van der Waals surface area contributed by atoms with Crippen molar-refractivity contribution in [1.82, 2.24) is 4.72 Å². The lowest BCUT2D eigenvalue weighted by atomic mass is 10.3. The Bertz CT molecular complexity index is 499. The number of nitrogens with zero attached hydrogens (tertiary/aromatic N) is 1. The molecule has 0 fully saturated rings. The minimum Gasteiger partial charge on any atom is -0.480 e. The van der Waals surface area contributed by atoms with Crippen molar-refractivity contribution in [3.63, 3.8) is 0 Å². The average molecular weight is 272 g/mol. The predicted octanol–water partition coefficient (Wildman–Crippen LogP) is 0.820. The van der Waals surface area contributed by atoms with E-state index in [1.807, 2.05) is 0 Å². The number of hydrogen-bond acceptors (Lipinski definition) is 3. The van der Waals surface area contributed by atoms with E-state index >= 15 is 0 Å². The number of benzene rings is 1. The van der Waals surface area contributed by atoms with Gasteiger partial charge in [0.2, 0.25) is 0 Å². The lowest BCUT2D eigenvalue weighted by Gasteiger charge is -2.24. The molecule has 1 rings (SSSR count). The summed E-state index contributed by atoms with van der Waals surface area (Å²) in [6, 6.07) is 7.80. The smallest absolute Gasteiger partial charge is 0.324 e. The van der Waals surface area contributed by atoms with Crippen LogP contribution in [0.15, 0.2) is 30.3 Å². The van der Waals surface area contributed by atoms with Crippen molar-refractivity contribution in [3.05, 3.63) is 30.3 Å². The molecule has 0 atom stereocenters. The maximum Gasteiger partial charge on any atom is 0.324 e. The molecule has 0 saturated carbocycles. The predicted molar refractivity (Wildman–Crippen MR) is 68.6 cm³/mol. The van der Waals surface area contributed by atoms with Gasteiger partial charge in [0.05, 0.1) is 5.69 Å². The standard InChI is InChI=1S/C11H16N2O4S/c1-9(2)12-18(16,17)13(8-11(14)15)10-6-4-3-5-7-10/h3-7,9,12H,8H2,1-2H3,(H,14,15). The maximum absolute atomic E-state index is 12.0. The van der Waals surface area contributed by atoms with Crippen LogP contribution in [0, 0.1) is 0 Å². The number of anilines is 1. The largest absolute Gasteiger partial charge is 0.480 e. The van der Waals surface area contributed by atoms with E-state index in [9.17, 15) is 13.2 Å². The van der Waals surface area contributed by atoms with Crippen LogP contribution in [0.2, 0.25) is 0 Å². The minimum atomic E-state index is -3.87. The van der Waals surface area contributed by atoms with Gasteiger partial charge in [0.25, 0.3) is 0 Å². The fourth-order valence-electron chi connectivity index (χ4n) is 1.39. The van der Waals surface area contributed by atoms with Gasteiger partial charge >= 0.3 is 16.2 Å². The van der Waals surface area contributed by atoms with Gasteiger partial charge in [0.1, 0.15) is 6.54 Å². The Kier molecular flexibility index (Phi) is 4.69. The molecular formula is C11H16N2O4S. The Morgan fingerprint density at radius 3 is 2.33 bits per heavy atom. The monoisotopic (exact) mass is 272 g/mol. The van der Waals surface area contributed by atoms with E-state index in [0.29, 0.717) is 5.69 Å². The van der Waals surface area contributed by atoms with Gasteiger partial charge in [0.15, 0.2) is 0 Å². The van der Waals surface area contributed by atoms with Gasteiger partial charge in [-0.2, -0.15) is 13.1 Å². The van der Waals surface area contributed by atoms with Gasteiger partial charge in [0, 0.05) is 6.04 Å². The average Bonchev–Trinajstić information content (AvgIpc) is 2.25. The van der Waals surface area contributed by atoms with Crippen LogP contribution in [0.5, 0.6) is 0 Å². The molecule has 0 aliphatic carbocycles. The first-order chi connectivity index (χ1) is 8.33. The summed E-state index contributed by atoms with van der Waals surface area (Å²) < 4.78 is 27.2. The van der Waals surface area contributed by atoms with Crippen molar-refractivity contribution in [1.29, 1.82) is 0 Å². The summed E-state index contributed by atoms with van der Waals surface area (Å²) in [5.74, 6) is -1.21. The lowest BCUT2D eigenvalue weighted by Crippen LogP contribution is -2.45. The highest BCUT2D eigenvalue weighted by Gasteiger charge is 2.25. The van der Waals surface area contributed by atoms with Crippen LogP contribution in [0.4, 0.5) is 5.69 Å². The van der Waals surface area contributed by atoms with E-state index in [0.717, 1.165) is 4.31 Å². The number of hydrogen-bond donors (Lipinski definition) is 2. The molecule has 7 heteroatoms. The first kappa shape index (κ1) is 14.5. The van der Waals surface area contributed by atoms with Crippen molar-refractivity contribution in [2.75, 3.05) is 10.8 Å². The van der Waals surface area contributed by atoms with Crippen molar-refractivity contribution >= 4 is 21.9 Å². The highest BCUT2D eigenvalue weighted by Crippen LogP contribution is 2.16. The number of carboxylic acids is 1. The quantitative estimate of drug-likeness (QED) is 0.802. The number of carboxylic acid groups (broad SMARTS) is 1. The van der Waals surface area contributed by atoms with E-state index in [1.165, 1.54) is 0 Å². The molecule has 0 spiro atoms. The van der Waals surface area contributed by atoms with E-state index in [-0.39, 0.29) is 6.04 Å². The van der Waals surface area contributed by atoms with Crippen LogP contribution in [-0.4, -0.2) is 32.1 Å². The third-order valence-corrected chi connectivity index (χ3v) is 3.69. The summed E-state index contributed by atoms with van der Waals surface area (Å²) >= 11 is 0. The molecule has 0 heterocycles. The Labute approximate surface area is 106 Å². The van der Waals surface area contributed by atoms with Crippen LogP contribution in [0.3, 0.4) is 0 Å². The molecule has 18 heavy (non-hydrogen) atoms. The van der Waals surface area contributed by atoms with Crippen LogP contribution in [0.1, 0.15) is 13.8 Å². The summed E-state index contributed by atoms with van der Waals surface area (Å²) in [4.78, 5) is 10.8. The molecule has 0 aromatic heterocycles. The summed E-state index contributed by atoms with van der Waals surface area (Å²) in [5, 5.41) is 8.81. The maximum atomic E-state index is 12.0. The molecule has 1 aromatic rings. The van der Waals surface area contributed by atoms with Crippen molar-refractivity contribution in [2.45, 2.75) is 19.9 Å². The number of carbonyl (C=O) groups is 1. The van der Waals surface area contributed by atoms with Gasteiger partial charge in [-0.3, -0.25) is 4.79 Å². The van der Waals surface area contributed by atoms with E-state index < -0.39 is 22.7 Å². The molecule has 0 saturated heterocycles. The molecule has 0 aliphatic heterocycles. The summed E-state index contributed by atoms with van der Waals surface area (Å²) in [7, 11) is -3.87. The second-order valence-corrected chi connectivity index (χ2v) is 5.64. The Morgan fingerprint density at radius 1 is 1.33 bits per heavy atom. The SMILES string of the molecule is CC(C)NS(=O)(=O)N(CC(=O)O)c1ccccc1. The fraction of sp³-hybridized carbons (Fsp3) is 0.364. The Balaban J connectivity index is 3.10. The van der Waals surface area contributed by atoms with E-state index in [4.69, 9.17) is 5.11 Å². The van der Waals surface area contributed by atoms with E-state index in [2.05, 4.69) is 4.72 Å². The number of nitrogens with one attached hydrogen (secondary N) is 1. The van der Waals surface area contributed by atoms with Crippen LogP contribution in [0.25, 0.3) is 0 Å². The normalized spacial score (nSPS) is 11.5. The molecule has 100 valence electrons. The zero-order valence-corrected chi connectivity index (χ0v) is 11.0. The van der Waals surface area contributed by atoms with Crippen molar-refractivity contribution in [2.24, 2.45) is 0 Å². The summed E-state index contributed by atoms with van der Waals surface area (Å²) in [6.07, 6.45) is 0. The Morgan fingerprint density at radius 2 is 1.89 bits per heavy atom. The topological polar surface area (TPSA) is 86.7 Å². The summed E-state index contributed by atoms with van der Waals surface area (Å²) in [6.45, 7) is 2.72. The Hall–Kier alpha value is -1.60. The molecule has 2 N–H and O–H groups in total. The number of rotatable bonds is 6. The highest BCUT2D eigenvalue weighted by atomic mass is 32.2. The lowest BCUT2D eigenvalue weighted by molar-refractivity contribution is -0.135. The van der Waals surface area contributed by atoms with Crippen LogP contribution < -0.4 is 9.03 Å². The zero-order chi connectivity index (χ0) is 13.8. The number of para-hydroxylation sites is 1.